The van der Waals surface area contributed by atoms with Crippen LogP contribution in [-0.2, 0) is 13.7 Å². The largest absolute Gasteiger partial charge is 0.494 e. The molecule has 30 heavy (non-hydrogen) atoms. The van der Waals surface area contributed by atoms with Crippen molar-refractivity contribution in [3.8, 4) is 34.0 Å². The third-order valence-corrected chi connectivity index (χ3v) is 4.57. The fourth-order valence-corrected chi connectivity index (χ4v) is 3.21. The Labute approximate surface area is 173 Å². The van der Waals surface area contributed by atoms with Crippen LogP contribution in [0.25, 0.3) is 22.5 Å². The van der Waals surface area contributed by atoms with Gasteiger partial charge in [-0.25, -0.2) is 0 Å². The van der Waals surface area contributed by atoms with E-state index in [2.05, 4.69) is 25.8 Å². The van der Waals surface area contributed by atoms with Gasteiger partial charge >= 0.3 is 0 Å². The van der Waals surface area contributed by atoms with Crippen molar-refractivity contribution < 1.29 is 9.47 Å². The first-order valence-corrected chi connectivity index (χ1v) is 9.21. The zero-order valence-corrected chi connectivity index (χ0v) is 16.9. The van der Waals surface area contributed by atoms with E-state index in [0.717, 1.165) is 22.5 Å². The lowest BCUT2D eigenvalue weighted by atomic mass is 10.1. The number of aryl methyl sites for hydroxylation is 1. The summed E-state index contributed by atoms with van der Waals surface area (Å²) in [6, 6.07) is 11.3. The third kappa shape index (κ3) is 3.62. The van der Waals surface area contributed by atoms with E-state index in [1.54, 1.807) is 36.0 Å². The maximum Gasteiger partial charge on any atom is 0.151 e. The van der Waals surface area contributed by atoms with Gasteiger partial charge in [-0.15, -0.1) is 5.10 Å². The molecule has 0 unspecified atom stereocenters. The highest BCUT2D eigenvalue weighted by atomic mass is 16.5. The monoisotopic (exact) mass is 406 g/mol. The van der Waals surface area contributed by atoms with Crippen molar-refractivity contribution in [1.82, 2.24) is 30.0 Å². The Kier molecular flexibility index (Phi) is 5.21. The normalized spacial score (nSPS) is 10.8. The minimum atomic E-state index is 0.338. The number of benzene rings is 2. The SMILES string of the molecule is COc1c(N)cccc1-c1cnn(CNc2cccc(-c3cn(C)nn3)c2OC)n1. The summed E-state index contributed by atoms with van der Waals surface area (Å²) < 4.78 is 12.7. The van der Waals surface area contributed by atoms with Gasteiger partial charge in [0.15, 0.2) is 11.5 Å². The van der Waals surface area contributed by atoms with Crippen molar-refractivity contribution >= 4 is 11.4 Å². The van der Waals surface area contributed by atoms with Crippen LogP contribution in [0.4, 0.5) is 11.4 Å². The standard InChI is InChI=1S/C20H22N8O2/c1-27-11-18(24-26-27)14-7-5-9-16(20(14)30-3)22-12-28-23-10-17(25-28)13-6-4-8-15(21)19(13)29-2/h4-11,22H,12,21H2,1-3H3. The first kappa shape index (κ1) is 19.2. The fourth-order valence-electron chi connectivity index (χ4n) is 3.21. The number of hydrogen-bond donors (Lipinski definition) is 2. The van der Waals surface area contributed by atoms with E-state index in [4.69, 9.17) is 15.2 Å². The molecule has 4 aromatic rings. The van der Waals surface area contributed by atoms with Gasteiger partial charge in [0.2, 0.25) is 0 Å². The molecule has 0 radical (unpaired) electrons. The lowest BCUT2D eigenvalue weighted by molar-refractivity contribution is 0.417. The minimum absolute atomic E-state index is 0.338. The Morgan fingerprint density at radius 1 is 1.00 bits per heavy atom. The number of ether oxygens (including phenoxy) is 2. The smallest absolute Gasteiger partial charge is 0.151 e. The Morgan fingerprint density at radius 3 is 2.43 bits per heavy atom. The number of para-hydroxylation sites is 2. The van der Waals surface area contributed by atoms with Crippen molar-refractivity contribution in [1.29, 1.82) is 0 Å². The van der Waals surface area contributed by atoms with E-state index >= 15 is 0 Å². The topological polar surface area (TPSA) is 118 Å². The molecule has 0 aliphatic carbocycles. The average Bonchev–Trinajstić information content (AvgIpc) is 3.40. The molecule has 3 N–H and O–H groups in total. The molecule has 10 heteroatoms. The second-order valence-corrected chi connectivity index (χ2v) is 6.53. The van der Waals surface area contributed by atoms with Gasteiger partial charge in [0, 0.05) is 18.2 Å². The number of nitrogens with zero attached hydrogens (tertiary/aromatic N) is 6. The van der Waals surface area contributed by atoms with Gasteiger partial charge in [-0.1, -0.05) is 17.3 Å². The molecule has 10 nitrogen and oxygen atoms in total. The Balaban J connectivity index is 1.56. The number of anilines is 2. The Morgan fingerprint density at radius 2 is 1.73 bits per heavy atom. The van der Waals surface area contributed by atoms with Crippen LogP contribution >= 0.6 is 0 Å². The first-order valence-electron chi connectivity index (χ1n) is 9.21. The van der Waals surface area contributed by atoms with Crippen LogP contribution in [0.5, 0.6) is 11.5 Å². The van der Waals surface area contributed by atoms with E-state index in [9.17, 15) is 0 Å². The summed E-state index contributed by atoms with van der Waals surface area (Å²) in [4.78, 5) is 1.55. The van der Waals surface area contributed by atoms with E-state index < -0.39 is 0 Å². The first-order chi connectivity index (χ1) is 14.6. The number of methoxy groups -OCH3 is 2. The van der Waals surface area contributed by atoms with Crippen molar-refractivity contribution in [2.75, 3.05) is 25.3 Å². The van der Waals surface area contributed by atoms with E-state index in [-0.39, 0.29) is 0 Å². The summed E-state index contributed by atoms with van der Waals surface area (Å²) >= 11 is 0. The highest BCUT2D eigenvalue weighted by molar-refractivity contribution is 5.76. The van der Waals surface area contributed by atoms with Crippen molar-refractivity contribution in [2.24, 2.45) is 7.05 Å². The average molecular weight is 406 g/mol. The predicted molar refractivity (Wildman–Crippen MR) is 113 cm³/mol. The van der Waals surface area contributed by atoms with Gasteiger partial charge in [-0.3, -0.25) is 4.68 Å². The zero-order valence-electron chi connectivity index (χ0n) is 16.9. The van der Waals surface area contributed by atoms with Gasteiger partial charge in [-0.05, 0) is 24.3 Å². The number of hydrogen-bond acceptors (Lipinski definition) is 8. The molecule has 4 rings (SSSR count). The summed E-state index contributed by atoms with van der Waals surface area (Å²) in [6.45, 7) is 0.338. The molecule has 2 heterocycles. The van der Waals surface area contributed by atoms with Gasteiger partial charge in [0.05, 0.1) is 38.0 Å². The molecule has 0 spiro atoms. The van der Waals surface area contributed by atoms with Crippen LogP contribution in [-0.4, -0.2) is 44.2 Å². The van der Waals surface area contributed by atoms with E-state index in [0.29, 0.717) is 29.5 Å². The molecular formula is C20H22N8O2. The number of rotatable bonds is 7. The van der Waals surface area contributed by atoms with Crippen molar-refractivity contribution in [3.63, 3.8) is 0 Å². The number of nitrogen functional groups attached to an aromatic ring is 1. The lowest BCUT2D eigenvalue weighted by Gasteiger charge is -2.13. The number of nitrogens with two attached hydrogens (primary N) is 1. The fraction of sp³-hybridized carbons (Fsp3) is 0.200. The summed E-state index contributed by atoms with van der Waals surface area (Å²) in [7, 11) is 5.02. The van der Waals surface area contributed by atoms with Gasteiger partial charge < -0.3 is 20.5 Å². The lowest BCUT2D eigenvalue weighted by Crippen LogP contribution is -2.12. The van der Waals surface area contributed by atoms with E-state index in [1.807, 2.05) is 43.6 Å². The van der Waals surface area contributed by atoms with E-state index in [1.165, 1.54) is 0 Å². The summed E-state index contributed by atoms with van der Waals surface area (Å²) in [5.74, 6) is 1.25. The second-order valence-electron chi connectivity index (χ2n) is 6.53. The van der Waals surface area contributed by atoms with Gasteiger partial charge in [0.25, 0.3) is 0 Å². The van der Waals surface area contributed by atoms with Gasteiger partial charge in [-0.2, -0.15) is 15.0 Å². The molecule has 0 amide bonds. The highest BCUT2D eigenvalue weighted by Gasteiger charge is 2.15. The molecule has 0 fully saturated rings. The Bertz CT molecular complexity index is 1170. The van der Waals surface area contributed by atoms with Crippen LogP contribution in [0.2, 0.25) is 0 Å². The number of nitrogens with one attached hydrogen (secondary N) is 1. The quantitative estimate of drug-likeness (QED) is 0.449. The predicted octanol–water partition coefficient (Wildman–Crippen LogP) is 2.41. The second kappa shape index (κ2) is 8.11. The summed E-state index contributed by atoms with van der Waals surface area (Å²) in [5.41, 5.74) is 10.4. The summed E-state index contributed by atoms with van der Waals surface area (Å²) in [5, 5.41) is 20.3. The molecule has 0 saturated carbocycles. The maximum absolute atomic E-state index is 5.99. The van der Waals surface area contributed by atoms with Crippen molar-refractivity contribution in [2.45, 2.75) is 6.67 Å². The zero-order chi connectivity index (χ0) is 21.1. The highest BCUT2D eigenvalue weighted by Crippen LogP contribution is 2.36. The van der Waals surface area contributed by atoms with Crippen LogP contribution in [0.15, 0.2) is 48.8 Å². The third-order valence-electron chi connectivity index (χ3n) is 4.57. The maximum atomic E-state index is 5.99. The van der Waals surface area contributed by atoms with Crippen molar-refractivity contribution in [3.05, 3.63) is 48.8 Å². The molecule has 2 aromatic carbocycles. The molecule has 0 aliphatic heterocycles. The molecule has 0 atom stereocenters. The minimum Gasteiger partial charge on any atom is -0.494 e. The van der Waals surface area contributed by atoms with Crippen LogP contribution in [0, 0.1) is 0 Å². The molecule has 2 aromatic heterocycles. The molecule has 154 valence electrons. The summed E-state index contributed by atoms with van der Waals surface area (Å²) in [6.07, 6.45) is 3.51. The molecule has 0 bridgehead atoms. The molecule has 0 aliphatic rings. The molecular weight excluding hydrogens is 384 g/mol. The van der Waals surface area contributed by atoms with Crippen LogP contribution < -0.4 is 20.5 Å². The van der Waals surface area contributed by atoms with Gasteiger partial charge in [0.1, 0.15) is 18.1 Å². The Hall–Kier alpha value is -4.08. The van der Waals surface area contributed by atoms with Crippen LogP contribution in [0.3, 0.4) is 0 Å². The molecule has 0 saturated heterocycles. The van der Waals surface area contributed by atoms with Crippen LogP contribution in [0.1, 0.15) is 0 Å². The number of aromatic nitrogens is 6.